The molecule has 0 heterocycles. The van der Waals surface area contributed by atoms with Gasteiger partial charge in [-0.25, -0.2) is 4.79 Å². The average molecular weight is 514 g/mol. The quantitative estimate of drug-likeness (QED) is 0.157. The molecule has 0 aliphatic heterocycles. The van der Waals surface area contributed by atoms with Crippen LogP contribution in [0, 0.1) is 29.6 Å². The second-order valence-corrected chi connectivity index (χ2v) is 13.8. The SMILES string of the molecule is C=CC(=O)OCCCCCC1CCC(C2CCC(N(C3CCC(C)CC3)C3CCC(C)CC3)CC2)CC1. The molecule has 4 aliphatic rings. The van der Waals surface area contributed by atoms with Crippen molar-refractivity contribution in [3.63, 3.8) is 0 Å². The summed E-state index contributed by atoms with van der Waals surface area (Å²) in [7, 11) is 0. The minimum atomic E-state index is -0.285. The molecule has 0 spiro atoms. The second kappa shape index (κ2) is 15.1. The van der Waals surface area contributed by atoms with E-state index in [0.29, 0.717) is 6.61 Å². The van der Waals surface area contributed by atoms with Gasteiger partial charge in [-0.3, -0.25) is 4.90 Å². The van der Waals surface area contributed by atoms with E-state index in [1.165, 1.54) is 128 Å². The zero-order chi connectivity index (χ0) is 26.0. The Kier molecular flexibility index (Phi) is 11.9. The summed E-state index contributed by atoms with van der Waals surface area (Å²) < 4.78 is 5.10. The molecular formula is C34H59NO2. The second-order valence-electron chi connectivity index (χ2n) is 13.8. The van der Waals surface area contributed by atoms with Crippen LogP contribution in [-0.2, 0) is 9.53 Å². The Balaban J connectivity index is 1.17. The van der Waals surface area contributed by atoms with E-state index in [1.54, 1.807) is 0 Å². The fourth-order valence-corrected chi connectivity index (χ4v) is 8.74. The van der Waals surface area contributed by atoms with Crippen molar-refractivity contribution in [3.8, 4) is 0 Å². The lowest BCUT2D eigenvalue weighted by atomic mass is 9.69. The Labute approximate surface area is 229 Å². The molecular weight excluding hydrogens is 454 g/mol. The number of hydrogen-bond donors (Lipinski definition) is 0. The summed E-state index contributed by atoms with van der Waals surface area (Å²) in [5.74, 6) is 4.59. The summed E-state index contributed by atoms with van der Waals surface area (Å²) in [6.07, 6.45) is 29.7. The van der Waals surface area contributed by atoms with E-state index in [1.807, 2.05) is 0 Å². The monoisotopic (exact) mass is 513 g/mol. The molecule has 0 saturated heterocycles. The van der Waals surface area contributed by atoms with Crippen LogP contribution in [0.5, 0.6) is 0 Å². The molecule has 3 heteroatoms. The van der Waals surface area contributed by atoms with Crippen molar-refractivity contribution in [2.24, 2.45) is 29.6 Å². The van der Waals surface area contributed by atoms with Gasteiger partial charge in [-0.1, -0.05) is 52.5 Å². The van der Waals surface area contributed by atoms with Gasteiger partial charge in [-0.05, 0) is 126 Å². The number of unbranched alkanes of at least 4 members (excludes halogenated alkanes) is 2. The predicted octanol–water partition coefficient (Wildman–Crippen LogP) is 9.10. The maximum atomic E-state index is 11.1. The molecule has 4 fully saturated rings. The Bertz CT molecular complexity index is 637. The largest absolute Gasteiger partial charge is 0.463 e. The van der Waals surface area contributed by atoms with E-state index < -0.39 is 0 Å². The van der Waals surface area contributed by atoms with Crippen LogP contribution in [0.3, 0.4) is 0 Å². The van der Waals surface area contributed by atoms with Crippen LogP contribution in [-0.4, -0.2) is 35.6 Å². The van der Waals surface area contributed by atoms with E-state index in [2.05, 4.69) is 25.3 Å². The van der Waals surface area contributed by atoms with Gasteiger partial charge in [-0.2, -0.15) is 0 Å². The Morgan fingerprint density at radius 1 is 0.676 bits per heavy atom. The number of ether oxygens (including phenoxy) is 1. The van der Waals surface area contributed by atoms with Crippen LogP contribution < -0.4 is 0 Å². The molecule has 0 N–H and O–H groups in total. The third-order valence-corrected chi connectivity index (χ3v) is 11.2. The maximum Gasteiger partial charge on any atom is 0.330 e. The number of carbonyl (C=O) groups is 1. The number of rotatable bonds is 11. The normalized spacial score (nSPS) is 37.3. The molecule has 4 aliphatic carbocycles. The highest BCUT2D eigenvalue weighted by molar-refractivity contribution is 5.81. The molecule has 212 valence electrons. The zero-order valence-corrected chi connectivity index (χ0v) is 24.5. The molecule has 4 saturated carbocycles. The van der Waals surface area contributed by atoms with Crippen molar-refractivity contribution in [1.82, 2.24) is 4.90 Å². The zero-order valence-electron chi connectivity index (χ0n) is 24.5. The minimum absolute atomic E-state index is 0.285. The summed E-state index contributed by atoms with van der Waals surface area (Å²) in [6, 6.07) is 2.66. The molecule has 0 atom stereocenters. The highest BCUT2D eigenvalue weighted by atomic mass is 16.5. The number of nitrogens with zero attached hydrogens (tertiary/aromatic N) is 1. The molecule has 3 nitrogen and oxygen atoms in total. The summed E-state index contributed by atoms with van der Waals surface area (Å²) in [5, 5.41) is 0. The highest BCUT2D eigenvalue weighted by Crippen LogP contribution is 2.44. The Hall–Kier alpha value is -0.830. The fourth-order valence-electron chi connectivity index (χ4n) is 8.74. The molecule has 0 aromatic rings. The summed E-state index contributed by atoms with van der Waals surface area (Å²) in [5.41, 5.74) is 0. The lowest BCUT2D eigenvalue weighted by Gasteiger charge is -2.50. The van der Waals surface area contributed by atoms with Crippen molar-refractivity contribution in [3.05, 3.63) is 12.7 Å². The van der Waals surface area contributed by atoms with Crippen LogP contribution in [0.15, 0.2) is 12.7 Å². The molecule has 0 unspecified atom stereocenters. The molecule has 0 amide bonds. The van der Waals surface area contributed by atoms with Crippen LogP contribution in [0.4, 0.5) is 0 Å². The molecule has 0 aromatic carbocycles. The van der Waals surface area contributed by atoms with Crippen molar-refractivity contribution in [1.29, 1.82) is 0 Å². The van der Waals surface area contributed by atoms with Crippen LogP contribution in [0.25, 0.3) is 0 Å². The van der Waals surface area contributed by atoms with Gasteiger partial charge in [0.25, 0.3) is 0 Å². The molecule has 0 bridgehead atoms. The summed E-state index contributed by atoms with van der Waals surface area (Å²) in [4.78, 5) is 14.3. The van der Waals surface area contributed by atoms with Gasteiger partial charge in [0.15, 0.2) is 0 Å². The maximum absolute atomic E-state index is 11.1. The van der Waals surface area contributed by atoms with Gasteiger partial charge in [-0.15, -0.1) is 0 Å². The van der Waals surface area contributed by atoms with Gasteiger partial charge >= 0.3 is 5.97 Å². The van der Waals surface area contributed by atoms with Crippen molar-refractivity contribution < 1.29 is 9.53 Å². The lowest BCUT2D eigenvalue weighted by Crippen LogP contribution is -2.52. The lowest BCUT2D eigenvalue weighted by molar-refractivity contribution is -0.137. The summed E-state index contributed by atoms with van der Waals surface area (Å²) >= 11 is 0. The molecule has 0 aromatic heterocycles. The summed E-state index contributed by atoms with van der Waals surface area (Å²) in [6.45, 7) is 8.96. The van der Waals surface area contributed by atoms with Crippen LogP contribution >= 0.6 is 0 Å². The smallest absolute Gasteiger partial charge is 0.330 e. The van der Waals surface area contributed by atoms with E-state index >= 15 is 0 Å². The Morgan fingerprint density at radius 2 is 1.14 bits per heavy atom. The number of carbonyl (C=O) groups excluding carboxylic acids is 1. The number of esters is 1. The van der Waals surface area contributed by atoms with E-state index in [4.69, 9.17) is 4.74 Å². The van der Waals surface area contributed by atoms with Gasteiger partial charge in [0.1, 0.15) is 0 Å². The van der Waals surface area contributed by atoms with Crippen molar-refractivity contribution >= 4 is 5.97 Å². The standard InChI is InChI=1S/C34H59NO2/c1-4-34(36)37-25-7-5-6-8-28-13-15-29(16-14-28)30-17-23-33(24-18-30)35(31-19-9-26(2)10-20-31)32-21-11-27(3)12-22-32/h4,26-33H,1,5-25H2,2-3H3. The van der Waals surface area contributed by atoms with Crippen LogP contribution in [0.2, 0.25) is 0 Å². The van der Waals surface area contributed by atoms with E-state index in [-0.39, 0.29) is 5.97 Å². The first-order valence-corrected chi connectivity index (χ1v) is 16.6. The number of hydrogen-bond acceptors (Lipinski definition) is 3. The molecule has 37 heavy (non-hydrogen) atoms. The first-order valence-electron chi connectivity index (χ1n) is 16.6. The van der Waals surface area contributed by atoms with Gasteiger partial charge in [0, 0.05) is 24.2 Å². The first kappa shape index (κ1) is 29.2. The van der Waals surface area contributed by atoms with Crippen LogP contribution in [0.1, 0.15) is 142 Å². The van der Waals surface area contributed by atoms with E-state index in [9.17, 15) is 4.79 Å². The highest BCUT2D eigenvalue weighted by Gasteiger charge is 2.39. The predicted molar refractivity (Wildman–Crippen MR) is 155 cm³/mol. The topological polar surface area (TPSA) is 29.5 Å². The van der Waals surface area contributed by atoms with Gasteiger partial charge < -0.3 is 4.74 Å². The third-order valence-electron chi connectivity index (χ3n) is 11.2. The van der Waals surface area contributed by atoms with Gasteiger partial charge in [0.05, 0.1) is 6.61 Å². The first-order chi connectivity index (χ1) is 18.0. The van der Waals surface area contributed by atoms with Crippen molar-refractivity contribution in [2.75, 3.05) is 6.61 Å². The fraction of sp³-hybridized carbons (Fsp3) is 0.912. The van der Waals surface area contributed by atoms with Gasteiger partial charge in [0.2, 0.25) is 0 Å². The van der Waals surface area contributed by atoms with E-state index in [0.717, 1.165) is 54.1 Å². The molecule has 0 radical (unpaired) electrons. The third kappa shape index (κ3) is 8.84. The average Bonchev–Trinajstić information content (AvgIpc) is 2.93. The minimum Gasteiger partial charge on any atom is -0.463 e. The molecule has 4 rings (SSSR count). The van der Waals surface area contributed by atoms with Crippen molar-refractivity contribution in [2.45, 2.75) is 160 Å². The Morgan fingerprint density at radius 3 is 1.62 bits per heavy atom.